The summed E-state index contributed by atoms with van der Waals surface area (Å²) in [5, 5.41) is 0. The lowest BCUT2D eigenvalue weighted by molar-refractivity contribution is 0.482. The van der Waals surface area contributed by atoms with E-state index in [1.165, 1.54) is 0 Å². The largest absolute Gasteiger partial charge is 0.457 e. The second-order valence-electron chi connectivity index (χ2n) is 6.86. The van der Waals surface area contributed by atoms with Crippen molar-refractivity contribution >= 4 is 38.6 Å². The molecule has 0 N–H and O–H groups in total. The van der Waals surface area contributed by atoms with Crippen LogP contribution in [0.5, 0.6) is 11.5 Å². The third-order valence-corrected chi connectivity index (χ3v) is 8.94. The monoisotopic (exact) mass is 535 g/mol. The Morgan fingerprint density at radius 2 is 1.06 bits per heavy atom. The van der Waals surface area contributed by atoms with Gasteiger partial charge in [0, 0.05) is 16.6 Å². The molecule has 0 saturated heterocycles. The smallest absolute Gasteiger partial charge is 0.183 e. The van der Waals surface area contributed by atoms with Crippen LogP contribution in [0.2, 0.25) is 0 Å². The van der Waals surface area contributed by atoms with Crippen LogP contribution in [0.4, 0.5) is 17.6 Å². The number of hydrogen-bond donors (Lipinski definition) is 0. The van der Waals surface area contributed by atoms with Crippen molar-refractivity contribution in [2.24, 2.45) is 0 Å². The Morgan fingerprint density at radius 1 is 0.625 bits per heavy atom. The number of rotatable bonds is 3. The first-order valence-electron chi connectivity index (χ1n) is 9.33. The minimum absolute atomic E-state index is 0.473. The van der Waals surface area contributed by atoms with Crippen LogP contribution in [0.25, 0.3) is 0 Å². The SMILES string of the molecule is Fc1cc2c(cc1F)[S+](c1ccc(Oc3ccc(Br)cc3)cc1)c1cc(F)c(F)cc1S2. The lowest BCUT2D eigenvalue weighted by Crippen LogP contribution is -2.13. The molecule has 0 fully saturated rings. The highest BCUT2D eigenvalue weighted by Gasteiger charge is 2.40. The molecule has 0 atom stereocenters. The van der Waals surface area contributed by atoms with Gasteiger partial charge in [0.1, 0.15) is 22.4 Å². The molecule has 1 aliphatic rings. The van der Waals surface area contributed by atoms with Gasteiger partial charge in [0.25, 0.3) is 0 Å². The van der Waals surface area contributed by atoms with Gasteiger partial charge in [-0.2, -0.15) is 0 Å². The van der Waals surface area contributed by atoms with Crippen molar-refractivity contribution in [1.29, 1.82) is 0 Å². The maximum Gasteiger partial charge on any atom is 0.183 e. The Balaban J connectivity index is 1.57. The molecule has 0 aromatic heterocycles. The topological polar surface area (TPSA) is 9.23 Å². The molecule has 0 unspecified atom stereocenters. The van der Waals surface area contributed by atoms with Crippen LogP contribution >= 0.6 is 27.7 Å². The van der Waals surface area contributed by atoms with Gasteiger partial charge in [-0.15, -0.1) is 0 Å². The lowest BCUT2D eigenvalue weighted by atomic mass is 10.3. The fourth-order valence-electron chi connectivity index (χ4n) is 3.27. The summed E-state index contributed by atoms with van der Waals surface area (Å²) < 4.78 is 62.8. The molecule has 0 spiro atoms. The molecular weight excluding hydrogens is 524 g/mol. The second-order valence-corrected chi connectivity index (χ2v) is 10.8. The fourth-order valence-corrected chi connectivity index (χ4v) is 7.28. The maximum absolute atomic E-state index is 14.1. The summed E-state index contributed by atoms with van der Waals surface area (Å²) in [6.07, 6.45) is 0. The average molecular weight is 536 g/mol. The molecule has 1 nitrogen and oxygen atoms in total. The summed E-state index contributed by atoms with van der Waals surface area (Å²) in [7, 11) is -0.949. The van der Waals surface area contributed by atoms with E-state index < -0.39 is 34.2 Å². The predicted octanol–water partition coefficient (Wildman–Crippen LogP) is 8.36. The highest BCUT2D eigenvalue weighted by atomic mass is 79.9. The van der Waals surface area contributed by atoms with E-state index in [9.17, 15) is 17.6 Å². The Kier molecular flexibility index (Phi) is 5.69. The molecule has 0 aliphatic carbocycles. The van der Waals surface area contributed by atoms with Gasteiger partial charge in [-0.1, -0.05) is 27.7 Å². The molecule has 8 heteroatoms. The van der Waals surface area contributed by atoms with Crippen LogP contribution in [0.3, 0.4) is 0 Å². The molecule has 5 rings (SSSR count). The zero-order valence-corrected chi connectivity index (χ0v) is 19.3. The third kappa shape index (κ3) is 4.02. The van der Waals surface area contributed by atoms with Gasteiger partial charge in [0.2, 0.25) is 0 Å². The fraction of sp³-hybridized carbons (Fsp3) is 0. The molecule has 0 radical (unpaired) electrons. The first-order chi connectivity index (χ1) is 15.4. The number of halogens is 5. The number of benzene rings is 4. The Morgan fingerprint density at radius 3 is 1.56 bits per heavy atom. The van der Waals surface area contributed by atoms with Crippen LogP contribution in [-0.4, -0.2) is 0 Å². The van der Waals surface area contributed by atoms with Crippen LogP contribution in [-0.2, 0) is 10.9 Å². The summed E-state index contributed by atoms with van der Waals surface area (Å²) >= 11 is 4.47. The highest BCUT2D eigenvalue weighted by molar-refractivity contribution is 9.10. The van der Waals surface area contributed by atoms with Crippen molar-refractivity contribution in [1.82, 2.24) is 0 Å². The van der Waals surface area contributed by atoms with Gasteiger partial charge in [0.05, 0.1) is 9.79 Å². The second kappa shape index (κ2) is 8.50. The van der Waals surface area contributed by atoms with E-state index in [0.717, 1.165) is 45.4 Å². The summed E-state index contributed by atoms with van der Waals surface area (Å²) in [5.41, 5.74) is 0. The van der Waals surface area contributed by atoms with E-state index in [0.29, 0.717) is 31.1 Å². The van der Waals surface area contributed by atoms with E-state index in [2.05, 4.69) is 15.9 Å². The summed E-state index contributed by atoms with van der Waals surface area (Å²) in [6.45, 7) is 0. The van der Waals surface area contributed by atoms with Gasteiger partial charge in [-0.25, -0.2) is 17.6 Å². The van der Waals surface area contributed by atoms with Crippen LogP contribution in [0.1, 0.15) is 0 Å². The van der Waals surface area contributed by atoms with Crippen LogP contribution in [0, 0.1) is 23.3 Å². The normalized spacial score (nSPS) is 12.9. The van der Waals surface area contributed by atoms with Crippen molar-refractivity contribution in [2.75, 3.05) is 0 Å². The molecule has 4 aromatic rings. The van der Waals surface area contributed by atoms with E-state index in [-0.39, 0.29) is 0 Å². The number of fused-ring (bicyclic) bond motifs is 2. The standard InChI is InChI=1S/C24H12BrF4OS2/c25-13-1-3-14(4-2-13)30-15-5-7-16(8-6-15)32-23-11-19(28)17(26)9-21(23)31-22-10-18(27)20(29)12-24(22)32/h1-12H/q+1. The average Bonchev–Trinajstić information content (AvgIpc) is 2.77. The van der Waals surface area contributed by atoms with Crippen molar-refractivity contribution in [2.45, 2.75) is 24.5 Å². The Hall–Kier alpha value is -2.42. The lowest BCUT2D eigenvalue weighted by Gasteiger charge is -2.19. The van der Waals surface area contributed by atoms with Gasteiger partial charge in [0.15, 0.2) is 38.0 Å². The quantitative estimate of drug-likeness (QED) is 0.169. The predicted molar refractivity (Wildman–Crippen MR) is 120 cm³/mol. The molecule has 1 heterocycles. The molecule has 0 saturated carbocycles. The van der Waals surface area contributed by atoms with Gasteiger partial charge in [-0.3, -0.25) is 0 Å². The van der Waals surface area contributed by atoms with Crippen molar-refractivity contribution in [3.63, 3.8) is 0 Å². The minimum atomic E-state index is -0.983. The summed E-state index contributed by atoms with van der Waals surface area (Å²) in [4.78, 5) is 2.73. The first-order valence-corrected chi connectivity index (χ1v) is 12.2. The maximum atomic E-state index is 14.1. The van der Waals surface area contributed by atoms with Gasteiger partial charge < -0.3 is 4.74 Å². The van der Waals surface area contributed by atoms with E-state index in [1.807, 2.05) is 24.3 Å². The van der Waals surface area contributed by atoms with Crippen molar-refractivity contribution in [3.05, 3.63) is 101 Å². The van der Waals surface area contributed by atoms with Crippen LogP contribution < -0.4 is 4.74 Å². The molecule has 0 amide bonds. The minimum Gasteiger partial charge on any atom is -0.457 e. The zero-order chi connectivity index (χ0) is 22.4. The summed E-state index contributed by atoms with van der Waals surface area (Å²) in [5.74, 6) is -2.69. The number of hydrogen-bond acceptors (Lipinski definition) is 2. The molecule has 32 heavy (non-hydrogen) atoms. The first kappa shape index (κ1) is 21.4. The molecule has 1 aliphatic heterocycles. The zero-order valence-electron chi connectivity index (χ0n) is 16.0. The highest BCUT2D eigenvalue weighted by Crippen LogP contribution is 2.49. The molecule has 0 bridgehead atoms. The van der Waals surface area contributed by atoms with Gasteiger partial charge in [-0.05, 0) is 60.7 Å². The Bertz CT molecular complexity index is 1270. The Labute approximate surface area is 196 Å². The van der Waals surface area contributed by atoms with Crippen LogP contribution in [0.15, 0.2) is 102 Å². The van der Waals surface area contributed by atoms with E-state index in [4.69, 9.17) is 4.74 Å². The molecule has 4 aromatic carbocycles. The molecule has 160 valence electrons. The van der Waals surface area contributed by atoms with Crippen molar-refractivity contribution in [3.8, 4) is 11.5 Å². The number of ether oxygens (including phenoxy) is 1. The third-order valence-electron chi connectivity index (χ3n) is 4.74. The van der Waals surface area contributed by atoms with E-state index >= 15 is 0 Å². The summed E-state index contributed by atoms with van der Waals surface area (Å²) in [6, 6.07) is 18.9. The molecular formula is C24H12BrF4OS2+. The van der Waals surface area contributed by atoms with E-state index in [1.54, 1.807) is 24.3 Å². The van der Waals surface area contributed by atoms with Gasteiger partial charge >= 0.3 is 0 Å². The van der Waals surface area contributed by atoms with Crippen molar-refractivity contribution < 1.29 is 22.3 Å².